The monoisotopic (exact) mass is 436 g/mol. The molecule has 7 heteroatoms. The number of carbonyl (C=O) groups excluding carboxylic acids is 1. The summed E-state index contributed by atoms with van der Waals surface area (Å²) in [5.41, 5.74) is 3.99. The minimum atomic E-state index is 0.0862. The predicted octanol–water partition coefficient (Wildman–Crippen LogP) is 4.99. The lowest BCUT2D eigenvalue weighted by Gasteiger charge is -2.36. The van der Waals surface area contributed by atoms with Gasteiger partial charge in [-0.3, -0.25) is 9.20 Å². The molecular weight excluding hydrogens is 416 g/mol. The summed E-state index contributed by atoms with van der Waals surface area (Å²) in [4.78, 5) is 23.7. The lowest BCUT2D eigenvalue weighted by molar-refractivity contribution is 0.0750. The summed E-state index contributed by atoms with van der Waals surface area (Å²) in [6.45, 7) is 4.90. The zero-order chi connectivity index (χ0) is 20.7. The van der Waals surface area contributed by atoms with Crippen LogP contribution in [0.25, 0.3) is 16.2 Å². The van der Waals surface area contributed by atoms with E-state index in [2.05, 4.69) is 4.90 Å². The molecule has 1 aliphatic rings. The highest BCUT2D eigenvalue weighted by atomic mass is 35.5. The number of piperazine rings is 1. The van der Waals surface area contributed by atoms with E-state index in [1.54, 1.807) is 0 Å². The van der Waals surface area contributed by atoms with Crippen LogP contribution in [-0.4, -0.2) is 46.4 Å². The van der Waals surface area contributed by atoms with Gasteiger partial charge in [-0.25, -0.2) is 4.98 Å². The number of fused-ring (bicyclic) bond motifs is 1. The van der Waals surface area contributed by atoms with E-state index in [4.69, 9.17) is 16.6 Å². The molecule has 0 radical (unpaired) electrons. The van der Waals surface area contributed by atoms with E-state index in [-0.39, 0.29) is 5.91 Å². The first kappa shape index (κ1) is 19.2. The lowest BCUT2D eigenvalue weighted by Crippen LogP contribution is -2.48. The van der Waals surface area contributed by atoms with E-state index >= 15 is 0 Å². The lowest BCUT2D eigenvalue weighted by atomic mass is 10.2. The molecule has 0 spiro atoms. The summed E-state index contributed by atoms with van der Waals surface area (Å²) in [5, 5.41) is 0.752. The van der Waals surface area contributed by atoms with Crippen LogP contribution in [0, 0.1) is 6.92 Å². The van der Waals surface area contributed by atoms with Gasteiger partial charge in [0, 0.05) is 43.6 Å². The summed E-state index contributed by atoms with van der Waals surface area (Å²) in [7, 11) is 0. The molecule has 152 valence electrons. The van der Waals surface area contributed by atoms with Crippen LogP contribution in [0.5, 0.6) is 0 Å². The minimum absolute atomic E-state index is 0.0862. The van der Waals surface area contributed by atoms with Crippen molar-refractivity contribution in [2.75, 3.05) is 31.1 Å². The summed E-state index contributed by atoms with van der Waals surface area (Å²) in [6, 6.07) is 18.0. The Morgan fingerprint density at radius 3 is 2.40 bits per heavy atom. The van der Waals surface area contributed by atoms with Crippen molar-refractivity contribution in [1.29, 1.82) is 0 Å². The van der Waals surface area contributed by atoms with Crippen molar-refractivity contribution in [3.8, 4) is 11.3 Å². The molecule has 5 nitrogen and oxygen atoms in total. The molecule has 3 heterocycles. The number of carbonyl (C=O) groups is 1. The molecule has 2 aromatic carbocycles. The van der Waals surface area contributed by atoms with Gasteiger partial charge in [-0.15, -0.1) is 0 Å². The third-order valence-corrected chi connectivity index (χ3v) is 7.05. The fraction of sp³-hybridized carbons (Fsp3) is 0.217. The molecule has 1 saturated heterocycles. The maximum atomic E-state index is 13.2. The van der Waals surface area contributed by atoms with Gasteiger partial charge in [-0.05, 0) is 19.1 Å². The molecule has 1 aliphatic heterocycles. The van der Waals surface area contributed by atoms with Crippen LogP contribution in [0.4, 0.5) is 5.69 Å². The van der Waals surface area contributed by atoms with Gasteiger partial charge >= 0.3 is 0 Å². The Bertz CT molecular complexity index is 1210. The van der Waals surface area contributed by atoms with Crippen molar-refractivity contribution in [3.05, 3.63) is 76.4 Å². The number of amides is 1. The second-order valence-corrected chi connectivity index (χ2v) is 8.78. The number of aryl methyl sites for hydroxylation is 1. The molecule has 0 saturated carbocycles. The van der Waals surface area contributed by atoms with Crippen LogP contribution >= 0.6 is 22.9 Å². The zero-order valence-corrected chi connectivity index (χ0v) is 18.2. The highest BCUT2D eigenvalue weighted by Gasteiger charge is 2.26. The Morgan fingerprint density at radius 1 is 1.00 bits per heavy atom. The average molecular weight is 437 g/mol. The highest BCUT2D eigenvalue weighted by Crippen LogP contribution is 2.29. The number of aromatic nitrogens is 2. The normalized spacial score (nSPS) is 14.5. The van der Waals surface area contributed by atoms with Gasteiger partial charge in [0.2, 0.25) is 0 Å². The van der Waals surface area contributed by atoms with E-state index in [1.165, 1.54) is 11.3 Å². The number of imidazole rings is 1. The summed E-state index contributed by atoms with van der Waals surface area (Å²) >= 11 is 7.80. The van der Waals surface area contributed by atoms with Crippen molar-refractivity contribution < 1.29 is 4.79 Å². The quantitative estimate of drug-likeness (QED) is 0.454. The molecule has 4 aromatic rings. The molecule has 0 atom stereocenters. The van der Waals surface area contributed by atoms with E-state index < -0.39 is 0 Å². The average Bonchev–Trinajstić information content (AvgIpc) is 3.34. The van der Waals surface area contributed by atoms with Crippen molar-refractivity contribution in [3.63, 3.8) is 0 Å². The Morgan fingerprint density at radius 2 is 1.70 bits per heavy atom. The van der Waals surface area contributed by atoms with Crippen molar-refractivity contribution in [2.45, 2.75) is 6.92 Å². The van der Waals surface area contributed by atoms with Crippen LogP contribution in [-0.2, 0) is 0 Å². The first-order chi connectivity index (χ1) is 14.6. The van der Waals surface area contributed by atoms with Crippen LogP contribution in [0.3, 0.4) is 0 Å². The van der Waals surface area contributed by atoms with E-state index in [9.17, 15) is 4.79 Å². The standard InChI is InChI=1S/C23H21ClN4OS/c1-16-21(30-23-25-19(15-28(16)23)17-7-3-2-4-8-17)22(29)27-13-11-26(12-14-27)20-10-6-5-9-18(20)24/h2-10,15H,11-14H2,1H3. The van der Waals surface area contributed by atoms with Gasteiger partial charge < -0.3 is 9.80 Å². The van der Waals surface area contributed by atoms with E-state index in [1.807, 2.05) is 77.0 Å². The number of para-hydroxylation sites is 1. The fourth-order valence-corrected chi connectivity index (χ4v) is 5.23. The van der Waals surface area contributed by atoms with E-state index in [0.29, 0.717) is 13.1 Å². The molecule has 0 N–H and O–H groups in total. The van der Waals surface area contributed by atoms with Gasteiger partial charge in [0.1, 0.15) is 4.88 Å². The SMILES string of the molecule is Cc1c(C(=O)N2CCN(c3ccccc3Cl)CC2)sc2nc(-c3ccccc3)cn12. The number of thiazole rings is 1. The van der Waals surface area contributed by atoms with Gasteiger partial charge in [0.05, 0.1) is 16.4 Å². The van der Waals surface area contributed by atoms with Gasteiger partial charge in [-0.1, -0.05) is 65.4 Å². The van der Waals surface area contributed by atoms with Gasteiger partial charge in [-0.2, -0.15) is 0 Å². The minimum Gasteiger partial charge on any atom is -0.367 e. The molecule has 1 fully saturated rings. The number of hydrogen-bond acceptors (Lipinski definition) is 4. The third-order valence-electron chi connectivity index (χ3n) is 5.58. The second kappa shape index (κ2) is 7.78. The molecule has 0 aliphatic carbocycles. The first-order valence-electron chi connectivity index (χ1n) is 9.94. The molecule has 5 rings (SSSR count). The maximum absolute atomic E-state index is 13.2. The van der Waals surface area contributed by atoms with Crippen LogP contribution < -0.4 is 4.90 Å². The van der Waals surface area contributed by atoms with Crippen molar-refractivity contribution >= 4 is 39.5 Å². The van der Waals surface area contributed by atoms with Crippen LogP contribution in [0.1, 0.15) is 15.4 Å². The number of hydrogen-bond donors (Lipinski definition) is 0. The Kier molecular flexibility index (Phi) is 4.97. The number of nitrogens with zero attached hydrogens (tertiary/aromatic N) is 4. The predicted molar refractivity (Wildman–Crippen MR) is 123 cm³/mol. The van der Waals surface area contributed by atoms with E-state index in [0.717, 1.165) is 50.6 Å². The Hall–Kier alpha value is -2.83. The molecule has 0 bridgehead atoms. The second-order valence-electron chi connectivity index (χ2n) is 7.39. The molecule has 30 heavy (non-hydrogen) atoms. The largest absolute Gasteiger partial charge is 0.367 e. The Labute approximate surface area is 184 Å². The Balaban J connectivity index is 1.34. The fourth-order valence-electron chi connectivity index (χ4n) is 3.90. The summed E-state index contributed by atoms with van der Waals surface area (Å²) < 4.78 is 2.03. The highest BCUT2D eigenvalue weighted by molar-refractivity contribution is 7.19. The topological polar surface area (TPSA) is 40.9 Å². The molecule has 0 unspecified atom stereocenters. The number of rotatable bonds is 3. The van der Waals surface area contributed by atoms with Crippen LogP contribution in [0.15, 0.2) is 60.8 Å². The molecule has 2 aromatic heterocycles. The molecule has 1 amide bonds. The smallest absolute Gasteiger partial charge is 0.265 e. The van der Waals surface area contributed by atoms with Crippen molar-refractivity contribution in [1.82, 2.24) is 14.3 Å². The number of benzene rings is 2. The van der Waals surface area contributed by atoms with Gasteiger partial charge in [0.15, 0.2) is 4.96 Å². The first-order valence-corrected chi connectivity index (χ1v) is 11.1. The van der Waals surface area contributed by atoms with Crippen molar-refractivity contribution in [2.24, 2.45) is 0 Å². The summed E-state index contributed by atoms with van der Waals surface area (Å²) in [6.07, 6.45) is 2.02. The third kappa shape index (κ3) is 3.36. The molecular formula is C23H21ClN4OS. The van der Waals surface area contributed by atoms with Crippen LogP contribution in [0.2, 0.25) is 5.02 Å². The van der Waals surface area contributed by atoms with Gasteiger partial charge in [0.25, 0.3) is 5.91 Å². The maximum Gasteiger partial charge on any atom is 0.265 e. The zero-order valence-electron chi connectivity index (χ0n) is 16.6. The number of halogens is 1. The summed E-state index contributed by atoms with van der Waals surface area (Å²) in [5.74, 6) is 0.0862. The number of anilines is 1.